The largest absolute Gasteiger partial charge is 0.481 e. The van der Waals surface area contributed by atoms with E-state index in [2.05, 4.69) is 0 Å². The Kier molecular flexibility index (Phi) is 3.76. The highest BCUT2D eigenvalue weighted by molar-refractivity contribution is 5.69. The van der Waals surface area contributed by atoms with E-state index in [-0.39, 0.29) is 6.42 Å². The summed E-state index contributed by atoms with van der Waals surface area (Å²) in [6.45, 7) is 3.82. The van der Waals surface area contributed by atoms with Crippen molar-refractivity contribution in [2.75, 3.05) is 0 Å². The maximum atomic E-state index is 10.1. The highest BCUT2D eigenvalue weighted by atomic mass is 16.4. The quantitative estimate of drug-likeness (QED) is 0.588. The van der Waals surface area contributed by atoms with Gasteiger partial charge in [0.25, 0.3) is 0 Å². The van der Waals surface area contributed by atoms with Gasteiger partial charge in [0.15, 0.2) is 0 Å². The van der Waals surface area contributed by atoms with Crippen molar-refractivity contribution in [3.05, 3.63) is 11.6 Å². The van der Waals surface area contributed by atoms with E-state index >= 15 is 0 Å². The fraction of sp³-hybridized carbons (Fsp3) is 0.571. The molecule has 0 fully saturated rings. The first-order chi connectivity index (χ1) is 4.20. The van der Waals surface area contributed by atoms with Crippen molar-refractivity contribution in [2.24, 2.45) is 0 Å². The number of carboxylic acid groups (broad SMARTS) is 1. The van der Waals surface area contributed by atoms with Crippen LogP contribution in [0.2, 0.25) is 0 Å². The Morgan fingerprint density at radius 1 is 1.67 bits per heavy atom. The number of allylic oxidation sites excluding steroid dienone is 1. The first kappa shape index (κ1) is 8.21. The number of carbonyl (C=O) groups is 1. The Balaban J connectivity index is 3.71. The van der Waals surface area contributed by atoms with E-state index < -0.39 is 5.97 Å². The molecule has 0 heterocycles. The molecule has 1 N–H and O–H groups in total. The maximum absolute atomic E-state index is 10.1. The van der Waals surface area contributed by atoms with Crippen LogP contribution in [0.4, 0.5) is 0 Å². The summed E-state index contributed by atoms with van der Waals surface area (Å²) in [7, 11) is 0. The smallest absolute Gasteiger partial charge is 0.307 e. The van der Waals surface area contributed by atoms with Crippen LogP contribution in [0.5, 0.6) is 0 Å². The molecule has 0 rings (SSSR count). The molecule has 9 heavy (non-hydrogen) atoms. The third-order valence-electron chi connectivity index (χ3n) is 1.24. The van der Waals surface area contributed by atoms with Crippen LogP contribution in [-0.4, -0.2) is 11.1 Å². The van der Waals surface area contributed by atoms with E-state index in [9.17, 15) is 4.79 Å². The van der Waals surface area contributed by atoms with Crippen LogP contribution in [0.15, 0.2) is 11.6 Å². The summed E-state index contributed by atoms with van der Waals surface area (Å²) in [6.07, 6.45) is 2.88. The summed E-state index contributed by atoms with van der Waals surface area (Å²) in [5, 5.41) is 8.31. The zero-order valence-electron chi connectivity index (χ0n) is 5.85. The van der Waals surface area contributed by atoms with Gasteiger partial charge in [0, 0.05) is 0 Å². The van der Waals surface area contributed by atoms with Gasteiger partial charge in [0.05, 0.1) is 6.42 Å². The van der Waals surface area contributed by atoms with Crippen molar-refractivity contribution in [1.29, 1.82) is 0 Å². The Hall–Kier alpha value is -0.790. The molecule has 0 unspecified atom stereocenters. The SMILES string of the molecule is C/C=C(/CC)CC(=O)O. The van der Waals surface area contributed by atoms with Gasteiger partial charge in [-0.3, -0.25) is 4.79 Å². The van der Waals surface area contributed by atoms with Crippen LogP contribution in [0.3, 0.4) is 0 Å². The van der Waals surface area contributed by atoms with Crippen molar-refractivity contribution in [3.8, 4) is 0 Å². The average Bonchev–Trinajstić information content (AvgIpc) is 1.82. The summed E-state index contributed by atoms with van der Waals surface area (Å²) >= 11 is 0. The normalized spacial score (nSPS) is 11.6. The Labute approximate surface area is 55.2 Å². The fourth-order valence-corrected chi connectivity index (χ4v) is 0.625. The molecule has 2 nitrogen and oxygen atoms in total. The van der Waals surface area contributed by atoms with E-state index in [1.54, 1.807) is 0 Å². The summed E-state index contributed by atoms with van der Waals surface area (Å²) in [5.41, 5.74) is 0.988. The van der Waals surface area contributed by atoms with E-state index in [1.165, 1.54) is 0 Å². The predicted octanol–water partition coefficient (Wildman–Crippen LogP) is 1.82. The monoisotopic (exact) mass is 128 g/mol. The second-order valence-corrected chi connectivity index (χ2v) is 1.87. The second-order valence-electron chi connectivity index (χ2n) is 1.87. The van der Waals surface area contributed by atoms with E-state index in [0.717, 1.165) is 12.0 Å². The first-order valence-electron chi connectivity index (χ1n) is 3.06. The van der Waals surface area contributed by atoms with Crippen molar-refractivity contribution in [3.63, 3.8) is 0 Å². The van der Waals surface area contributed by atoms with Crippen molar-refractivity contribution in [1.82, 2.24) is 0 Å². The van der Waals surface area contributed by atoms with Crippen LogP contribution >= 0.6 is 0 Å². The molecule has 0 saturated heterocycles. The molecule has 0 aromatic heterocycles. The Morgan fingerprint density at radius 2 is 2.22 bits per heavy atom. The molecular weight excluding hydrogens is 116 g/mol. The van der Waals surface area contributed by atoms with Gasteiger partial charge in [-0.05, 0) is 13.3 Å². The highest BCUT2D eigenvalue weighted by Crippen LogP contribution is 2.04. The van der Waals surface area contributed by atoms with Gasteiger partial charge in [0.1, 0.15) is 0 Å². The number of aliphatic carboxylic acids is 1. The number of rotatable bonds is 3. The summed E-state index contributed by atoms with van der Waals surface area (Å²) < 4.78 is 0. The lowest BCUT2D eigenvalue weighted by atomic mass is 10.1. The van der Waals surface area contributed by atoms with Gasteiger partial charge in [-0.1, -0.05) is 18.6 Å². The number of hydrogen-bond donors (Lipinski definition) is 1. The van der Waals surface area contributed by atoms with Crippen molar-refractivity contribution < 1.29 is 9.90 Å². The average molecular weight is 128 g/mol. The lowest BCUT2D eigenvalue weighted by Crippen LogP contribution is -1.95. The van der Waals surface area contributed by atoms with Gasteiger partial charge in [-0.15, -0.1) is 0 Å². The van der Waals surface area contributed by atoms with Crippen LogP contribution < -0.4 is 0 Å². The molecule has 0 spiro atoms. The van der Waals surface area contributed by atoms with Gasteiger partial charge in [-0.2, -0.15) is 0 Å². The first-order valence-corrected chi connectivity index (χ1v) is 3.06. The Bertz CT molecular complexity index is 125. The van der Waals surface area contributed by atoms with E-state index in [0.29, 0.717) is 0 Å². The van der Waals surface area contributed by atoms with Gasteiger partial charge in [-0.25, -0.2) is 0 Å². The number of carboxylic acids is 1. The molecule has 52 valence electrons. The molecule has 0 aliphatic rings. The zero-order valence-corrected chi connectivity index (χ0v) is 5.85. The highest BCUT2D eigenvalue weighted by Gasteiger charge is 1.98. The molecule has 0 aliphatic carbocycles. The minimum absolute atomic E-state index is 0.188. The molecule has 0 saturated carbocycles. The fourth-order valence-electron chi connectivity index (χ4n) is 0.625. The molecule has 0 bridgehead atoms. The lowest BCUT2D eigenvalue weighted by Gasteiger charge is -1.95. The summed E-state index contributed by atoms with van der Waals surface area (Å²) in [5.74, 6) is -0.745. The summed E-state index contributed by atoms with van der Waals surface area (Å²) in [6, 6.07) is 0. The van der Waals surface area contributed by atoms with Gasteiger partial charge in [0.2, 0.25) is 0 Å². The minimum Gasteiger partial charge on any atom is -0.481 e. The molecule has 0 amide bonds. The van der Waals surface area contributed by atoms with Crippen LogP contribution in [-0.2, 0) is 4.79 Å². The summed E-state index contributed by atoms with van der Waals surface area (Å²) in [4.78, 5) is 10.1. The van der Waals surface area contributed by atoms with Gasteiger partial charge < -0.3 is 5.11 Å². The van der Waals surface area contributed by atoms with Crippen LogP contribution in [0.1, 0.15) is 26.7 Å². The molecule has 0 atom stereocenters. The topological polar surface area (TPSA) is 37.3 Å². The molecule has 2 heteroatoms. The van der Waals surface area contributed by atoms with Crippen LogP contribution in [0, 0.1) is 0 Å². The van der Waals surface area contributed by atoms with Crippen LogP contribution in [0.25, 0.3) is 0 Å². The van der Waals surface area contributed by atoms with Crippen molar-refractivity contribution >= 4 is 5.97 Å². The molecule has 0 aromatic carbocycles. The van der Waals surface area contributed by atoms with E-state index in [4.69, 9.17) is 5.11 Å². The zero-order chi connectivity index (χ0) is 7.28. The predicted molar refractivity (Wildman–Crippen MR) is 36.3 cm³/mol. The molecule has 0 aliphatic heterocycles. The second kappa shape index (κ2) is 4.13. The van der Waals surface area contributed by atoms with Gasteiger partial charge >= 0.3 is 5.97 Å². The molecular formula is C7H12O2. The molecule has 0 radical (unpaired) electrons. The minimum atomic E-state index is -0.745. The third kappa shape index (κ3) is 3.76. The maximum Gasteiger partial charge on any atom is 0.307 e. The third-order valence-corrected chi connectivity index (χ3v) is 1.24. The molecule has 0 aromatic rings. The standard InChI is InChI=1S/C7H12O2/c1-3-6(4-2)5-7(8)9/h3H,4-5H2,1-2H3,(H,8,9)/b6-3-. The number of hydrogen-bond acceptors (Lipinski definition) is 1. The van der Waals surface area contributed by atoms with Crippen molar-refractivity contribution in [2.45, 2.75) is 26.7 Å². The lowest BCUT2D eigenvalue weighted by molar-refractivity contribution is -0.136. The van der Waals surface area contributed by atoms with E-state index in [1.807, 2.05) is 19.9 Å². The Morgan fingerprint density at radius 3 is 2.33 bits per heavy atom.